The lowest BCUT2D eigenvalue weighted by Crippen LogP contribution is -2.09. The van der Waals surface area contributed by atoms with Gasteiger partial charge in [0.2, 0.25) is 0 Å². The lowest BCUT2D eigenvalue weighted by molar-refractivity contribution is 0.414. The largest absolute Gasteiger partial charge is 0.497 e. The molecule has 7 aromatic carbocycles. The smallest absolute Gasteiger partial charge is 0.119 e. The van der Waals surface area contributed by atoms with E-state index in [1.165, 1.54) is 22.3 Å². The molecule has 0 radical (unpaired) electrons. The van der Waals surface area contributed by atoms with Gasteiger partial charge in [0.1, 0.15) is 11.5 Å². The summed E-state index contributed by atoms with van der Waals surface area (Å²) in [5, 5.41) is 0. The lowest BCUT2D eigenvalue weighted by Gasteiger charge is -2.26. The van der Waals surface area contributed by atoms with Gasteiger partial charge in [0, 0.05) is 34.1 Å². The second-order valence-electron chi connectivity index (χ2n) is 11.8. The first-order chi connectivity index (χ1) is 24.2. The van der Waals surface area contributed by atoms with Crippen molar-refractivity contribution in [3.63, 3.8) is 0 Å². The Morgan fingerprint density at radius 3 is 0.980 bits per heavy atom. The van der Waals surface area contributed by atoms with E-state index >= 15 is 0 Å². The van der Waals surface area contributed by atoms with Crippen LogP contribution in [0, 0.1) is 0 Å². The second-order valence-corrected chi connectivity index (χ2v) is 11.8. The first kappa shape index (κ1) is 31.3. The molecule has 0 aliphatic carbocycles. The van der Waals surface area contributed by atoms with Crippen LogP contribution < -0.4 is 19.3 Å². The molecule has 0 aliphatic rings. The quantitative estimate of drug-likeness (QED) is 0.141. The molecule has 0 atom stereocenters. The number of para-hydroxylation sites is 2. The average molecular weight is 639 g/mol. The lowest BCUT2D eigenvalue weighted by atomic mass is 9.99. The van der Waals surface area contributed by atoms with Crippen molar-refractivity contribution >= 4 is 34.1 Å². The molecule has 0 spiro atoms. The highest BCUT2D eigenvalue weighted by Gasteiger charge is 2.14. The molecule has 0 aliphatic heterocycles. The SMILES string of the molecule is COc1ccc(N(c2ccccc2)c2ccc(Cc3ccc(-c4ccc(N(c5ccccc5)c5ccc(OC)cc5)cc4)cc3)cc2)cc1. The standard InChI is InChI=1S/C45H38N2O2/c1-48-44-29-25-42(26-30-44)46(38-9-5-3-6-10-38)40-21-15-35(16-22-40)33-34-13-17-36(18-14-34)37-19-23-41(24-20-37)47(39-11-7-4-8-12-39)43-27-31-45(49-2)32-28-43/h3-32H,33H2,1-2H3. The van der Waals surface area contributed by atoms with Crippen LogP contribution in [0.25, 0.3) is 11.1 Å². The third-order valence-electron chi connectivity index (χ3n) is 8.71. The van der Waals surface area contributed by atoms with Crippen LogP contribution >= 0.6 is 0 Å². The first-order valence-electron chi connectivity index (χ1n) is 16.5. The number of benzene rings is 7. The van der Waals surface area contributed by atoms with E-state index < -0.39 is 0 Å². The fourth-order valence-electron chi connectivity index (χ4n) is 6.13. The predicted octanol–water partition coefficient (Wildman–Crippen LogP) is 11.9. The minimum Gasteiger partial charge on any atom is -0.497 e. The zero-order valence-corrected chi connectivity index (χ0v) is 27.7. The molecule has 240 valence electrons. The fraction of sp³-hybridized carbons (Fsp3) is 0.0667. The van der Waals surface area contributed by atoms with E-state index in [1.54, 1.807) is 14.2 Å². The Bertz CT molecular complexity index is 2060. The van der Waals surface area contributed by atoms with Gasteiger partial charge in [-0.3, -0.25) is 0 Å². The summed E-state index contributed by atoms with van der Waals surface area (Å²) in [6.45, 7) is 0. The number of methoxy groups -OCH3 is 2. The van der Waals surface area contributed by atoms with E-state index in [0.29, 0.717) is 0 Å². The molecule has 49 heavy (non-hydrogen) atoms. The third kappa shape index (κ3) is 7.19. The highest BCUT2D eigenvalue weighted by atomic mass is 16.5. The number of nitrogens with zero attached hydrogens (tertiary/aromatic N) is 2. The van der Waals surface area contributed by atoms with Crippen molar-refractivity contribution < 1.29 is 9.47 Å². The molecule has 0 aromatic heterocycles. The second kappa shape index (κ2) is 14.7. The molecule has 7 rings (SSSR count). The summed E-state index contributed by atoms with van der Waals surface area (Å²) in [6.07, 6.45) is 0.862. The summed E-state index contributed by atoms with van der Waals surface area (Å²) < 4.78 is 10.8. The van der Waals surface area contributed by atoms with E-state index in [1.807, 2.05) is 36.4 Å². The monoisotopic (exact) mass is 638 g/mol. The van der Waals surface area contributed by atoms with Crippen molar-refractivity contribution in [3.05, 3.63) is 193 Å². The van der Waals surface area contributed by atoms with Crippen LogP contribution in [0.1, 0.15) is 11.1 Å². The summed E-state index contributed by atoms with van der Waals surface area (Å²) in [4.78, 5) is 4.52. The number of rotatable bonds is 11. The first-order valence-corrected chi connectivity index (χ1v) is 16.5. The van der Waals surface area contributed by atoms with E-state index in [0.717, 1.165) is 52.0 Å². The Morgan fingerprint density at radius 1 is 0.327 bits per heavy atom. The third-order valence-corrected chi connectivity index (χ3v) is 8.71. The molecule has 4 heteroatoms. The molecule has 0 saturated carbocycles. The molecule has 0 saturated heterocycles. The van der Waals surface area contributed by atoms with Crippen molar-refractivity contribution in [1.82, 2.24) is 0 Å². The maximum Gasteiger partial charge on any atom is 0.119 e. The van der Waals surface area contributed by atoms with Gasteiger partial charge >= 0.3 is 0 Å². The van der Waals surface area contributed by atoms with Crippen LogP contribution in [0.4, 0.5) is 34.1 Å². The minimum atomic E-state index is 0.840. The topological polar surface area (TPSA) is 24.9 Å². The van der Waals surface area contributed by atoms with Crippen molar-refractivity contribution in [1.29, 1.82) is 0 Å². The van der Waals surface area contributed by atoms with Gasteiger partial charge in [-0.25, -0.2) is 0 Å². The molecular formula is C45H38N2O2. The Balaban J connectivity index is 1.07. The predicted molar refractivity (Wildman–Crippen MR) is 204 cm³/mol. The maximum atomic E-state index is 5.39. The van der Waals surface area contributed by atoms with Crippen LogP contribution in [0.2, 0.25) is 0 Å². The number of hydrogen-bond acceptors (Lipinski definition) is 4. The van der Waals surface area contributed by atoms with Gasteiger partial charge in [-0.15, -0.1) is 0 Å². The summed E-state index contributed by atoms with van der Waals surface area (Å²) in [7, 11) is 3.38. The van der Waals surface area contributed by atoms with Crippen LogP contribution in [0.3, 0.4) is 0 Å². The van der Waals surface area contributed by atoms with Gasteiger partial charge in [0.15, 0.2) is 0 Å². The Hall–Kier alpha value is -6.26. The van der Waals surface area contributed by atoms with Gasteiger partial charge in [0.05, 0.1) is 14.2 Å². The van der Waals surface area contributed by atoms with E-state index in [4.69, 9.17) is 9.47 Å². The number of ether oxygens (including phenoxy) is 2. The fourth-order valence-corrected chi connectivity index (χ4v) is 6.13. The van der Waals surface area contributed by atoms with Crippen molar-refractivity contribution in [2.75, 3.05) is 24.0 Å². The van der Waals surface area contributed by atoms with Gasteiger partial charge in [-0.2, -0.15) is 0 Å². The van der Waals surface area contributed by atoms with Crippen LogP contribution in [0.5, 0.6) is 11.5 Å². The van der Waals surface area contributed by atoms with Crippen LogP contribution in [-0.4, -0.2) is 14.2 Å². The number of hydrogen-bond donors (Lipinski definition) is 0. The Labute approximate surface area is 289 Å². The molecular weight excluding hydrogens is 601 g/mol. The van der Waals surface area contributed by atoms with Gasteiger partial charge < -0.3 is 19.3 Å². The van der Waals surface area contributed by atoms with Crippen LogP contribution in [0.15, 0.2) is 182 Å². The molecule has 0 fully saturated rings. The molecule has 0 bridgehead atoms. The summed E-state index contributed by atoms with van der Waals surface area (Å²) in [6, 6.07) is 63.8. The molecule has 4 nitrogen and oxygen atoms in total. The highest BCUT2D eigenvalue weighted by molar-refractivity contribution is 5.79. The van der Waals surface area contributed by atoms with Crippen molar-refractivity contribution in [3.8, 4) is 22.6 Å². The van der Waals surface area contributed by atoms with Gasteiger partial charge in [-0.1, -0.05) is 84.9 Å². The summed E-state index contributed by atoms with van der Waals surface area (Å²) >= 11 is 0. The van der Waals surface area contributed by atoms with Crippen molar-refractivity contribution in [2.24, 2.45) is 0 Å². The zero-order valence-electron chi connectivity index (χ0n) is 27.7. The average Bonchev–Trinajstić information content (AvgIpc) is 3.18. The molecule has 0 heterocycles. The highest BCUT2D eigenvalue weighted by Crippen LogP contribution is 2.37. The van der Waals surface area contributed by atoms with E-state index in [9.17, 15) is 0 Å². The van der Waals surface area contributed by atoms with E-state index in [-0.39, 0.29) is 0 Å². The van der Waals surface area contributed by atoms with Gasteiger partial charge in [-0.05, 0) is 126 Å². The van der Waals surface area contributed by atoms with Gasteiger partial charge in [0.25, 0.3) is 0 Å². The normalized spacial score (nSPS) is 10.7. The molecule has 7 aromatic rings. The maximum absolute atomic E-state index is 5.39. The molecule has 0 N–H and O–H groups in total. The summed E-state index contributed by atoms with van der Waals surface area (Å²) in [5.41, 5.74) is 11.5. The summed E-state index contributed by atoms with van der Waals surface area (Å²) in [5.74, 6) is 1.68. The molecule has 0 unspecified atom stereocenters. The number of anilines is 6. The minimum absolute atomic E-state index is 0.840. The van der Waals surface area contributed by atoms with Crippen molar-refractivity contribution in [2.45, 2.75) is 6.42 Å². The molecule has 0 amide bonds. The van der Waals surface area contributed by atoms with Crippen LogP contribution in [-0.2, 0) is 6.42 Å². The van der Waals surface area contributed by atoms with E-state index in [2.05, 4.69) is 155 Å². The zero-order chi connectivity index (χ0) is 33.4. The Morgan fingerprint density at radius 2 is 0.612 bits per heavy atom. The Kier molecular flexibility index (Phi) is 9.38.